The van der Waals surface area contributed by atoms with E-state index >= 15 is 0 Å². The van der Waals surface area contributed by atoms with Gasteiger partial charge in [-0.3, -0.25) is 9.69 Å². The van der Waals surface area contributed by atoms with E-state index in [-0.39, 0.29) is 11.9 Å². The van der Waals surface area contributed by atoms with E-state index in [4.69, 9.17) is 10.2 Å². The van der Waals surface area contributed by atoms with Gasteiger partial charge in [-0.2, -0.15) is 0 Å². The second kappa shape index (κ2) is 7.09. The smallest absolute Gasteiger partial charge is 0.236 e. The predicted molar refractivity (Wildman–Crippen MR) is 82.7 cm³/mol. The zero-order chi connectivity index (χ0) is 15.4. The molecule has 0 aliphatic carbocycles. The van der Waals surface area contributed by atoms with Crippen molar-refractivity contribution in [3.8, 4) is 0 Å². The average Bonchev–Trinajstić information content (AvgIpc) is 2.86. The van der Waals surface area contributed by atoms with E-state index in [1.807, 2.05) is 26.1 Å². The van der Waals surface area contributed by atoms with Crippen molar-refractivity contribution in [2.75, 3.05) is 26.7 Å². The number of furan rings is 1. The third-order valence-electron chi connectivity index (χ3n) is 4.37. The average molecular weight is 293 g/mol. The Bertz CT molecular complexity index is 472. The maximum Gasteiger partial charge on any atom is 0.236 e. The predicted octanol–water partition coefficient (Wildman–Crippen LogP) is 1.61. The van der Waals surface area contributed by atoms with Crippen LogP contribution in [0.25, 0.3) is 0 Å². The maximum atomic E-state index is 12.3. The highest BCUT2D eigenvalue weighted by molar-refractivity contribution is 5.77. The molecule has 1 aromatic rings. The number of amides is 1. The summed E-state index contributed by atoms with van der Waals surface area (Å²) in [6, 6.07) is 4.13. The van der Waals surface area contributed by atoms with E-state index in [0.29, 0.717) is 19.0 Å². The summed E-state index contributed by atoms with van der Waals surface area (Å²) in [6.07, 6.45) is 2.06. The van der Waals surface area contributed by atoms with Crippen molar-refractivity contribution >= 4 is 5.91 Å². The van der Waals surface area contributed by atoms with E-state index in [0.717, 1.165) is 37.5 Å². The van der Waals surface area contributed by atoms with Crippen LogP contribution in [0.1, 0.15) is 31.3 Å². The minimum absolute atomic E-state index is 0.134. The van der Waals surface area contributed by atoms with Gasteiger partial charge in [-0.1, -0.05) is 13.3 Å². The zero-order valence-corrected chi connectivity index (χ0v) is 13.3. The number of carbonyl (C=O) groups is 1. The number of likely N-dealkylation sites (tertiary alicyclic amines) is 1. The minimum Gasteiger partial charge on any atom is -0.464 e. The second-order valence-corrected chi connectivity index (χ2v) is 6.12. The molecule has 2 rings (SSSR count). The van der Waals surface area contributed by atoms with Crippen LogP contribution >= 0.6 is 0 Å². The summed E-state index contributed by atoms with van der Waals surface area (Å²) >= 11 is 0. The Labute approximate surface area is 127 Å². The molecule has 1 aromatic heterocycles. The third kappa shape index (κ3) is 4.32. The SMILES string of the molecule is CCC1CN(CC(=O)N(C)Cc2ccc(C)o2)CCC1N. The number of likely N-dealkylation sites (N-methyl/N-ethyl adjacent to an activating group) is 1. The number of rotatable bonds is 5. The van der Waals surface area contributed by atoms with Crippen LogP contribution in [0.4, 0.5) is 0 Å². The molecule has 2 atom stereocenters. The molecule has 21 heavy (non-hydrogen) atoms. The van der Waals surface area contributed by atoms with Gasteiger partial charge in [-0.05, 0) is 31.4 Å². The summed E-state index contributed by atoms with van der Waals surface area (Å²) in [5.74, 6) is 2.34. The minimum atomic E-state index is 0.134. The van der Waals surface area contributed by atoms with Crippen LogP contribution in [0.2, 0.25) is 0 Å². The quantitative estimate of drug-likeness (QED) is 0.896. The number of carbonyl (C=O) groups excluding carboxylic acids is 1. The highest BCUT2D eigenvalue weighted by atomic mass is 16.3. The van der Waals surface area contributed by atoms with Crippen LogP contribution in [0.5, 0.6) is 0 Å². The van der Waals surface area contributed by atoms with Gasteiger partial charge in [0.2, 0.25) is 5.91 Å². The first-order valence-corrected chi connectivity index (χ1v) is 7.76. The molecule has 118 valence electrons. The first-order valence-electron chi connectivity index (χ1n) is 7.76. The maximum absolute atomic E-state index is 12.3. The van der Waals surface area contributed by atoms with Gasteiger partial charge in [-0.15, -0.1) is 0 Å². The number of aryl methyl sites for hydroxylation is 1. The molecule has 2 N–H and O–H groups in total. The van der Waals surface area contributed by atoms with E-state index in [1.54, 1.807) is 4.90 Å². The lowest BCUT2D eigenvalue weighted by atomic mass is 9.91. The highest BCUT2D eigenvalue weighted by Crippen LogP contribution is 2.18. The molecule has 1 aliphatic heterocycles. The fraction of sp³-hybridized carbons (Fsp3) is 0.688. The van der Waals surface area contributed by atoms with E-state index in [2.05, 4.69) is 11.8 Å². The summed E-state index contributed by atoms with van der Waals surface area (Å²) in [7, 11) is 1.83. The van der Waals surface area contributed by atoms with Gasteiger partial charge in [0.15, 0.2) is 0 Å². The number of nitrogens with zero attached hydrogens (tertiary/aromatic N) is 2. The van der Waals surface area contributed by atoms with Gasteiger partial charge in [0, 0.05) is 26.2 Å². The molecule has 2 unspecified atom stereocenters. The van der Waals surface area contributed by atoms with Crippen LogP contribution in [0.3, 0.4) is 0 Å². The molecule has 5 nitrogen and oxygen atoms in total. The van der Waals surface area contributed by atoms with Gasteiger partial charge < -0.3 is 15.1 Å². The number of hydrogen-bond acceptors (Lipinski definition) is 4. The lowest BCUT2D eigenvalue weighted by Crippen LogP contribution is -2.49. The summed E-state index contributed by atoms with van der Waals surface area (Å²) in [5.41, 5.74) is 6.11. The van der Waals surface area contributed by atoms with Crippen molar-refractivity contribution < 1.29 is 9.21 Å². The van der Waals surface area contributed by atoms with Crippen LogP contribution in [-0.2, 0) is 11.3 Å². The first-order chi connectivity index (χ1) is 9.99. The Morgan fingerprint density at radius 2 is 2.29 bits per heavy atom. The van der Waals surface area contributed by atoms with E-state index in [1.165, 1.54) is 0 Å². The number of piperidine rings is 1. The lowest BCUT2D eigenvalue weighted by molar-refractivity contribution is -0.132. The molecule has 0 radical (unpaired) electrons. The Morgan fingerprint density at radius 3 is 2.90 bits per heavy atom. The number of nitrogens with two attached hydrogens (primary N) is 1. The van der Waals surface area contributed by atoms with Crippen LogP contribution in [-0.4, -0.2) is 48.4 Å². The topological polar surface area (TPSA) is 62.7 Å². The van der Waals surface area contributed by atoms with Crippen molar-refractivity contribution in [3.63, 3.8) is 0 Å². The van der Waals surface area contributed by atoms with Gasteiger partial charge in [-0.25, -0.2) is 0 Å². The molecule has 2 heterocycles. The van der Waals surface area contributed by atoms with Crippen molar-refractivity contribution in [2.45, 2.75) is 39.3 Å². The van der Waals surface area contributed by atoms with Crippen LogP contribution < -0.4 is 5.73 Å². The van der Waals surface area contributed by atoms with Crippen molar-refractivity contribution in [2.24, 2.45) is 11.7 Å². The molecule has 0 bridgehead atoms. The molecule has 0 aromatic carbocycles. The fourth-order valence-electron chi connectivity index (χ4n) is 2.91. The largest absolute Gasteiger partial charge is 0.464 e. The van der Waals surface area contributed by atoms with Crippen LogP contribution in [0, 0.1) is 12.8 Å². The lowest BCUT2D eigenvalue weighted by Gasteiger charge is -2.36. The summed E-state index contributed by atoms with van der Waals surface area (Å²) < 4.78 is 5.52. The molecule has 0 spiro atoms. The Hall–Kier alpha value is -1.33. The molecule has 0 saturated carbocycles. The molecule has 1 saturated heterocycles. The number of hydrogen-bond donors (Lipinski definition) is 1. The zero-order valence-electron chi connectivity index (χ0n) is 13.3. The monoisotopic (exact) mass is 293 g/mol. The molecule has 5 heteroatoms. The fourth-order valence-corrected chi connectivity index (χ4v) is 2.91. The van der Waals surface area contributed by atoms with Crippen LogP contribution in [0.15, 0.2) is 16.5 Å². The highest BCUT2D eigenvalue weighted by Gasteiger charge is 2.27. The van der Waals surface area contributed by atoms with Gasteiger partial charge in [0.25, 0.3) is 0 Å². The van der Waals surface area contributed by atoms with Crippen molar-refractivity contribution in [1.29, 1.82) is 0 Å². The van der Waals surface area contributed by atoms with Gasteiger partial charge >= 0.3 is 0 Å². The summed E-state index contributed by atoms with van der Waals surface area (Å²) in [6.45, 7) is 6.92. The third-order valence-corrected chi connectivity index (χ3v) is 4.37. The Kier molecular flexibility index (Phi) is 5.42. The van der Waals surface area contributed by atoms with Gasteiger partial charge in [0.1, 0.15) is 11.5 Å². The molecular formula is C16H27N3O2. The normalized spacial score (nSPS) is 23.2. The molecule has 1 aliphatic rings. The van der Waals surface area contributed by atoms with Crippen molar-refractivity contribution in [3.05, 3.63) is 23.7 Å². The Balaban J connectivity index is 1.83. The second-order valence-electron chi connectivity index (χ2n) is 6.12. The first kappa shape index (κ1) is 16.0. The summed E-state index contributed by atoms with van der Waals surface area (Å²) in [5, 5.41) is 0. The molecule has 1 fully saturated rings. The molecule has 1 amide bonds. The van der Waals surface area contributed by atoms with E-state index in [9.17, 15) is 4.79 Å². The Morgan fingerprint density at radius 1 is 1.52 bits per heavy atom. The van der Waals surface area contributed by atoms with E-state index < -0.39 is 0 Å². The molecular weight excluding hydrogens is 266 g/mol. The standard InChI is InChI=1S/C16H27N3O2/c1-4-13-9-19(8-7-15(13)17)11-16(20)18(3)10-14-6-5-12(2)21-14/h5-6,13,15H,4,7-11,17H2,1-3H3. The summed E-state index contributed by atoms with van der Waals surface area (Å²) in [4.78, 5) is 16.3. The van der Waals surface area contributed by atoms with Crippen molar-refractivity contribution in [1.82, 2.24) is 9.80 Å². The van der Waals surface area contributed by atoms with Gasteiger partial charge in [0.05, 0.1) is 13.1 Å².